The predicted molar refractivity (Wildman–Crippen MR) is 121 cm³/mol. The van der Waals surface area contributed by atoms with Gasteiger partial charge in [0.05, 0.1) is 6.61 Å². The highest BCUT2D eigenvalue weighted by molar-refractivity contribution is 5.77. The van der Waals surface area contributed by atoms with Crippen LogP contribution in [-0.4, -0.2) is 29.9 Å². The first-order valence-electron chi connectivity index (χ1n) is 10.3. The molecular formula is C26H22FNO5. The van der Waals surface area contributed by atoms with Crippen molar-refractivity contribution in [2.24, 2.45) is 0 Å². The second-order valence-corrected chi connectivity index (χ2v) is 7.47. The SMILES string of the molecule is COCc1c(-c2cc(-c3ccc(OCC(=O)O)c(F)c3)no2)ccc(-c2ccccc2)c1C. The lowest BCUT2D eigenvalue weighted by atomic mass is 9.92. The summed E-state index contributed by atoms with van der Waals surface area (Å²) in [5, 5.41) is 12.8. The number of halogens is 1. The number of rotatable bonds is 8. The van der Waals surface area contributed by atoms with Crippen molar-refractivity contribution in [1.82, 2.24) is 5.16 Å². The number of methoxy groups -OCH3 is 1. The molecule has 4 rings (SSSR count). The quantitative estimate of drug-likeness (QED) is 0.371. The van der Waals surface area contributed by atoms with Crippen LogP contribution in [0.2, 0.25) is 0 Å². The van der Waals surface area contributed by atoms with E-state index in [0.717, 1.165) is 27.8 Å². The normalized spacial score (nSPS) is 10.9. The number of aromatic nitrogens is 1. The molecule has 0 bridgehead atoms. The van der Waals surface area contributed by atoms with Gasteiger partial charge in [0.1, 0.15) is 5.69 Å². The van der Waals surface area contributed by atoms with Crippen molar-refractivity contribution < 1.29 is 28.3 Å². The molecule has 0 spiro atoms. The van der Waals surface area contributed by atoms with Crippen LogP contribution >= 0.6 is 0 Å². The summed E-state index contributed by atoms with van der Waals surface area (Å²) < 4.78 is 30.3. The number of hydrogen-bond acceptors (Lipinski definition) is 5. The fourth-order valence-corrected chi connectivity index (χ4v) is 3.70. The van der Waals surface area contributed by atoms with Gasteiger partial charge in [0.15, 0.2) is 23.9 Å². The lowest BCUT2D eigenvalue weighted by Gasteiger charge is -2.15. The van der Waals surface area contributed by atoms with E-state index in [1.807, 2.05) is 37.3 Å². The van der Waals surface area contributed by atoms with Crippen LogP contribution in [0.4, 0.5) is 4.39 Å². The molecule has 1 heterocycles. The average Bonchev–Trinajstić information content (AvgIpc) is 3.30. The first kappa shape index (κ1) is 22.2. The Labute approximate surface area is 190 Å². The molecule has 0 unspecified atom stereocenters. The first-order valence-corrected chi connectivity index (χ1v) is 10.3. The van der Waals surface area contributed by atoms with E-state index < -0.39 is 18.4 Å². The summed E-state index contributed by atoms with van der Waals surface area (Å²) in [5.41, 5.74) is 6.03. The molecule has 6 nitrogen and oxygen atoms in total. The molecule has 0 aliphatic rings. The maximum Gasteiger partial charge on any atom is 0.341 e. The topological polar surface area (TPSA) is 81.8 Å². The van der Waals surface area contributed by atoms with Crippen LogP contribution in [0, 0.1) is 12.7 Å². The van der Waals surface area contributed by atoms with Crippen LogP contribution in [0.3, 0.4) is 0 Å². The monoisotopic (exact) mass is 447 g/mol. The first-order chi connectivity index (χ1) is 16.0. The van der Waals surface area contributed by atoms with Crippen LogP contribution in [0.1, 0.15) is 11.1 Å². The Kier molecular flexibility index (Phi) is 6.51. The van der Waals surface area contributed by atoms with Crippen molar-refractivity contribution in [3.8, 4) is 39.5 Å². The predicted octanol–water partition coefficient (Wildman–Crippen LogP) is 5.73. The van der Waals surface area contributed by atoms with E-state index in [1.165, 1.54) is 12.1 Å². The van der Waals surface area contributed by atoms with Crippen LogP contribution in [0.15, 0.2) is 71.3 Å². The summed E-state index contributed by atoms with van der Waals surface area (Å²) in [6.45, 7) is 1.82. The average molecular weight is 447 g/mol. The molecular weight excluding hydrogens is 425 g/mol. The standard InChI is InChI=1S/C26H22FNO5/c1-16-19(17-6-4-3-5-7-17)9-10-20(21(16)14-31-2)25-13-23(28-33-25)18-8-11-24(22(27)12-18)32-15-26(29)30/h3-13H,14-15H2,1-2H3,(H,29,30). The molecule has 3 aromatic carbocycles. The van der Waals surface area contributed by atoms with Gasteiger partial charge in [-0.2, -0.15) is 0 Å². The fourth-order valence-electron chi connectivity index (χ4n) is 3.70. The Balaban J connectivity index is 1.68. The second kappa shape index (κ2) is 9.67. The Morgan fingerprint density at radius 1 is 1.03 bits per heavy atom. The molecule has 0 amide bonds. The van der Waals surface area contributed by atoms with Gasteiger partial charge in [0.2, 0.25) is 0 Å². The summed E-state index contributed by atoms with van der Waals surface area (Å²) in [7, 11) is 1.64. The minimum absolute atomic E-state index is 0.139. The highest BCUT2D eigenvalue weighted by Gasteiger charge is 2.18. The van der Waals surface area contributed by atoms with Gasteiger partial charge in [0, 0.05) is 24.3 Å². The molecule has 4 aromatic rings. The van der Waals surface area contributed by atoms with Gasteiger partial charge in [0.25, 0.3) is 0 Å². The number of carbonyl (C=O) groups is 1. The molecule has 0 atom stereocenters. The van der Waals surface area contributed by atoms with Crippen LogP contribution in [0.5, 0.6) is 5.75 Å². The highest BCUT2D eigenvalue weighted by atomic mass is 19.1. The lowest BCUT2D eigenvalue weighted by molar-refractivity contribution is -0.139. The zero-order chi connectivity index (χ0) is 23.4. The van der Waals surface area contributed by atoms with E-state index >= 15 is 0 Å². The minimum atomic E-state index is -1.18. The number of aliphatic carboxylic acids is 1. The van der Waals surface area contributed by atoms with E-state index in [1.54, 1.807) is 19.2 Å². The lowest BCUT2D eigenvalue weighted by Crippen LogP contribution is -2.10. The molecule has 168 valence electrons. The van der Waals surface area contributed by atoms with Crippen molar-refractivity contribution in [3.63, 3.8) is 0 Å². The van der Waals surface area contributed by atoms with Crippen molar-refractivity contribution >= 4 is 5.97 Å². The summed E-state index contributed by atoms with van der Waals surface area (Å²) >= 11 is 0. The Morgan fingerprint density at radius 2 is 1.79 bits per heavy atom. The van der Waals surface area contributed by atoms with E-state index in [4.69, 9.17) is 19.1 Å². The third kappa shape index (κ3) is 4.78. The Bertz CT molecular complexity index is 1280. The summed E-state index contributed by atoms with van der Waals surface area (Å²) in [6, 6.07) is 20.0. The number of ether oxygens (including phenoxy) is 2. The van der Waals surface area contributed by atoms with Crippen molar-refractivity contribution in [3.05, 3.63) is 83.7 Å². The maximum atomic E-state index is 14.3. The third-order valence-corrected chi connectivity index (χ3v) is 5.33. The zero-order valence-electron chi connectivity index (χ0n) is 18.2. The van der Waals surface area contributed by atoms with Crippen molar-refractivity contribution in [2.75, 3.05) is 13.7 Å². The molecule has 0 saturated carbocycles. The minimum Gasteiger partial charge on any atom is -0.479 e. The van der Waals surface area contributed by atoms with Gasteiger partial charge in [-0.3, -0.25) is 0 Å². The summed E-state index contributed by atoms with van der Waals surface area (Å²) in [4.78, 5) is 10.6. The van der Waals surface area contributed by atoms with E-state index in [-0.39, 0.29) is 5.75 Å². The smallest absolute Gasteiger partial charge is 0.341 e. The third-order valence-electron chi connectivity index (χ3n) is 5.33. The number of nitrogens with zero attached hydrogens (tertiary/aromatic N) is 1. The van der Waals surface area contributed by atoms with E-state index in [0.29, 0.717) is 23.6 Å². The van der Waals surface area contributed by atoms with Gasteiger partial charge in [-0.1, -0.05) is 47.6 Å². The zero-order valence-corrected chi connectivity index (χ0v) is 18.2. The molecule has 0 radical (unpaired) electrons. The van der Waals surface area contributed by atoms with Gasteiger partial charge in [-0.05, 0) is 47.4 Å². The van der Waals surface area contributed by atoms with Gasteiger partial charge < -0.3 is 19.1 Å². The van der Waals surface area contributed by atoms with E-state index in [9.17, 15) is 9.18 Å². The van der Waals surface area contributed by atoms with Crippen LogP contribution < -0.4 is 4.74 Å². The summed E-state index contributed by atoms with van der Waals surface area (Å²) in [5.74, 6) is -1.47. The second-order valence-electron chi connectivity index (χ2n) is 7.47. The molecule has 33 heavy (non-hydrogen) atoms. The van der Waals surface area contributed by atoms with Gasteiger partial charge >= 0.3 is 5.97 Å². The Hall–Kier alpha value is -3.97. The highest BCUT2D eigenvalue weighted by Crippen LogP contribution is 2.35. The molecule has 0 aliphatic carbocycles. The summed E-state index contributed by atoms with van der Waals surface area (Å²) in [6.07, 6.45) is 0. The number of benzene rings is 3. The maximum absolute atomic E-state index is 14.3. The molecule has 0 aliphatic heterocycles. The van der Waals surface area contributed by atoms with E-state index in [2.05, 4.69) is 17.3 Å². The van der Waals surface area contributed by atoms with Gasteiger partial charge in [-0.25, -0.2) is 9.18 Å². The molecule has 7 heteroatoms. The molecule has 1 N–H and O–H groups in total. The largest absolute Gasteiger partial charge is 0.479 e. The number of carboxylic acid groups (broad SMARTS) is 1. The molecule has 1 aromatic heterocycles. The fraction of sp³-hybridized carbons (Fsp3) is 0.154. The van der Waals surface area contributed by atoms with Crippen LogP contribution in [-0.2, 0) is 16.1 Å². The van der Waals surface area contributed by atoms with Crippen LogP contribution in [0.25, 0.3) is 33.7 Å². The van der Waals surface area contributed by atoms with Crippen molar-refractivity contribution in [1.29, 1.82) is 0 Å². The van der Waals surface area contributed by atoms with Gasteiger partial charge in [-0.15, -0.1) is 0 Å². The number of hydrogen-bond donors (Lipinski definition) is 1. The molecule has 0 fully saturated rings. The van der Waals surface area contributed by atoms with Crippen molar-refractivity contribution in [2.45, 2.75) is 13.5 Å². The molecule has 0 saturated heterocycles. The number of carboxylic acids is 1. The Morgan fingerprint density at radius 3 is 2.48 bits per heavy atom.